The molecule has 0 aromatic carbocycles. The van der Waals surface area contributed by atoms with Crippen molar-refractivity contribution in [3.63, 3.8) is 0 Å². The van der Waals surface area contributed by atoms with Gasteiger partial charge in [-0.25, -0.2) is 4.79 Å². The average molecular weight is 234 g/mol. The van der Waals surface area contributed by atoms with Crippen LogP contribution in [0.2, 0.25) is 0 Å². The predicted molar refractivity (Wildman–Crippen MR) is 69.4 cm³/mol. The summed E-state index contributed by atoms with van der Waals surface area (Å²) in [6, 6.07) is 0.226. The first kappa shape index (κ1) is 11.9. The predicted octanol–water partition coefficient (Wildman–Crippen LogP) is 0.860. The monoisotopic (exact) mass is 234 g/mol. The summed E-state index contributed by atoms with van der Waals surface area (Å²) in [6.45, 7) is 4.99. The number of hydrogen-bond donors (Lipinski definition) is 2. The average Bonchev–Trinajstić information content (AvgIpc) is 2.74. The van der Waals surface area contributed by atoms with Crippen LogP contribution >= 0.6 is 0 Å². The van der Waals surface area contributed by atoms with E-state index in [2.05, 4.69) is 22.2 Å². The zero-order chi connectivity index (χ0) is 12.4. The van der Waals surface area contributed by atoms with Gasteiger partial charge in [-0.1, -0.05) is 0 Å². The van der Waals surface area contributed by atoms with Crippen LogP contribution in [0.15, 0.2) is 27.8 Å². The summed E-state index contributed by atoms with van der Waals surface area (Å²) < 4.78 is 1.63. The Morgan fingerprint density at radius 3 is 2.94 bits per heavy atom. The van der Waals surface area contributed by atoms with E-state index < -0.39 is 0 Å². The zero-order valence-electron chi connectivity index (χ0n) is 10.4. The highest BCUT2D eigenvalue weighted by atomic mass is 16.1. The number of allylic oxidation sites excluding steroid dienone is 1. The van der Waals surface area contributed by atoms with E-state index in [0.29, 0.717) is 0 Å². The molecule has 0 radical (unpaired) electrons. The van der Waals surface area contributed by atoms with Crippen LogP contribution in [0.5, 0.6) is 0 Å². The lowest BCUT2D eigenvalue weighted by Gasteiger charge is -2.27. The highest BCUT2D eigenvalue weighted by molar-refractivity contribution is 6.06. The summed E-state index contributed by atoms with van der Waals surface area (Å²) >= 11 is 0. The lowest BCUT2D eigenvalue weighted by atomic mass is 9.94. The smallest absolute Gasteiger partial charge is 0.312 e. The Morgan fingerprint density at radius 1 is 1.59 bits per heavy atom. The van der Waals surface area contributed by atoms with E-state index in [-0.39, 0.29) is 11.7 Å². The fraction of sp³-hybridized carbons (Fsp3) is 0.500. The van der Waals surface area contributed by atoms with Crippen molar-refractivity contribution in [3.05, 3.63) is 28.5 Å². The highest BCUT2D eigenvalue weighted by Gasteiger charge is 2.22. The van der Waals surface area contributed by atoms with E-state index in [9.17, 15) is 4.79 Å². The number of nitrogens with zero attached hydrogens (tertiary/aromatic N) is 2. The molecule has 1 fully saturated rings. The lowest BCUT2D eigenvalue weighted by molar-refractivity contribution is 0.605. The standard InChI is InChI=1S/C12H18N4O/c1-8-11(10(13-3)4-5-14-8)9(2)16-7-6-15-12(16)17/h6-8,14H,4-5H2,1-3H3,(H,15,17)/b11-9+,13-10?/t8-/m0/s1. The topological polar surface area (TPSA) is 62.2 Å². The van der Waals surface area contributed by atoms with Crippen LogP contribution in [0.4, 0.5) is 0 Å². The molecule has 1 saturated heterocycles. The van der Waals surface area contributed by atoms with Crippen molar-refractivity contribution in [2.45, 2.75) is 26.3 Å². The summed E-state index contributed by atoms with van der Waals surface area (Å²) in [5.41, 5.74) is 3.04. The van der Waals surface area contributed by atoms with Gasteiger partial charge >= 0.3 is 5.69 Å². The van der Waals surface area contributed by atoms with E-state index in [0.717, 1.165) is 29.9 Å². The van der Waals surface area contributed by atoms with Gasteiger partial charge in [0.1, 0.15) is 0 Å². The van der Waals surface area contributed by atoms with E-state index in [4.69, 9.17) is 0 Å². The highest BCUT2D eigenvalue weighted by Crippen LogP contribution is 2.19. The molecule has 0 amide bonds. The summed E-state index contributed by atoms with van der Waals surface area (Å²) in [7, 11) is 1.81. The van der Waals surface area contributed by atoms with Gasteiger partial charge < -0.3 is 10.3 Å². The van der Waals surface area contributed by atoms with Crippen molar-refractivity contribution in [1.29, 1.82) is 0 Å². The third-order valence-corrected chi connectivity index (χ3v) is 3.23. The Kier molecular flexibility index (Phi) is 3.28. The van der Waals surface area contributed by atoms with E-state index in [1.807, 2.05) is 6.92 Å². The Morgan fingerprint density at radius 2 is 2.35 bits per heavy atom. The van der Waals surface area contributed by atoms with Crippen LogP contribution in [-0.4, -0.2) is 34.9 Å². The van der Waals surface area contributed by atoms with Gasteiger partial charge in [0.2, 0.25) is 0 Å². The number of H-pyrrole nitrogens is 1. The van der Waals surface area contributed by atoms with Gasteiger partial charge in [-0.05, 0) is 13.8 Å². The number of nitrogens with one attached hydrogen (secondary N) is 2. The molecule has 0 spiro atoms. The minimum atomic E-state index is -0.108. The maximum atomic E-state index is 11.6. The Labute approximate surface area is 100 Å². The maximum absolute atomic E-state index is 11.6. The van der Waals surface area contributed by atoms with E-state index >= 15 is 0 Å². The number of rotatable bonds is 1. The number of aliphatic imine (C=N–C) groups is 1. The Balaban J connectivity index is 2.54. The van der Waals surface area contributed by atoms with Crippen molar-refractivity contribution < 1.29 is 0 Å². The molecule has 1 aliphatic heterocycles. The van der Waals surface area contributed by atoms with Crippen LogP contribution in [0.25, 0.3) is 5.70 Å². The first-order valence-electron chi connectivity index (χ1n) is 5.81. The summed E-state index contributed by atoms with van der Waals surface area (Å²) in [5.74, 6) is 0. The van der Waals surface area contributed by atoms with Crippen molar-refractivity contribution >= 4 is 11.4 Å². The fourth-order valence-electron chi connectivity index (χ4n) is 2.36. The second-order valence-electron chi connectivity index (χ2n) is 4.23. The number of aromatic amines is 1. The van der Waals surface area contributed by atoms with Crippen LogP contribution in [0, 0.1) is 0 Å². The molecule has 2 heterocycles. The normalized spacial score (nSPS) is 26.3. The van der Waals surface area contributed by atoms with Gasteiger partial charge in [0.15, 0.2) is 0 Å². The molecular formula is C12H18N4O. The lowest BCUT2D eigenvalue weighted by Crippen LogP contribution is -2.40. The van der Waals surface area contributed by atoms with Gasteiger partial charge in [0.25, 0.3) is 0 Å². The SMILES string of the molecule is CN=C1CCN[C@@H](C)/C1=C(/C)n1cc[nH]c1=O. The Hall–Kier alpha value is -1.62. The molecule has 2 rings (SSSR count). The molecule has 1 atom stereocenters. The van der Waals surface area contributed by atoms with Crippen LogP contribution in [0.3, 0.4) is 0 Å². The molecule has 0 bridgehead atoms. The molecule has 0 aliphatic carbocycles. The molecule has 1 aromatic heterocycles. The van der Waals surface area contributed by atoms with Crippen molar-refractivity contribution in [2.24, 2.45) is 4.99 Å². The van der Waals surface area contributed by atoms with Crippen LogP contribution in [-0.2, 0) is 0 Å². The molecule has 17 heavy (non-hydrogen) atoms. The summed E-state index contributed by atoms with van der Waals surface area (Å²) in [4.78, 5) is 18.6. The summed E-state index contributed by atoms with van der Waals surface area (Å²) in [5, 5.41) is 3.39. The quantitative estimate of drug-likeness (QED) is 0.757. The number of hydrogen-bond acceptors (Lipinski definition) is 3. The molecule has 0 unspecified atom stereocenters. The fourth-order valence-corrected chi connectivity index (χ4v) is 2.36. The van der Waals surface area contributed by atoms with Gasteiger partial charge in [-0.15, -0.1) is 0 Å². The third-order valence-electron chi connectivity index (χ3n) is 3.23. The second kappa shape index (κ2) is 4.71. The number of aromatic nitrogens is 2. The molecule has 1 aromatic rings. The third kappa shape index (κ3) is 2.10. The largest absolute Gasteiger partial charge is 0.329 e. The molecule has 5 heteroatoms. The number of piperidine rings is 1. The van der Waals surface area contributed by atoms with E-state index in [1.54, 1.807) is 24.0 Å². The molecular weight excluding hydrogens is 216 g/mol. The number of imidazole rings is 1. The van der Waals surface area contributed by atoms with Crippen LogP contribution < -0.4 is 11.0 Å². The van der Waals surface area contributed by atoms with E-state index in [1.165, 1.54) is 0 Å². The maximum Gasteiger partial charge on any atom is 0.329 e. The molecule has 1 aliphatic rings. The molecule has 2 N–H and O–H groups in total. The van der Waals surface area contributed by atoms with Crippen LogP contribution in [0.1, 0.15) is 20.3 Å². The second-order valence-corrected chi connectivity index (χ2v) is 4.23. The van der Waals surface area contributed by atoms with Gasteiger partial charge in [-0.2, -0.15) is 0 Å². The summed E-state index contributed by atoms with van der Waals surface area (Å²) in [6.07, 6.45) is 4.31. The van der Waals surface area contributed by atoms with Crippen molar-refractivity contribution in [1.82, 2.24) is 14.9 Å². The Bertz CT molecular complexity index is 521. The van der Waals surface area contributed by atoms with Gasteiger partial charge in [0, 0.05) is 55.4 Å². The van der Waals surface area contributed by atoms with Gasteiger partial charge in [0.05, 0.1) is 0 Å². The zero-order valence-corrected chi connectivity index (χ0v) is 10.4. The van der Waals surface area contributed by atoms with Crippen molar-refractivity contribution in [2.75, 3.05) is 13.6 Å². The van der Waals surface area contributed by atoms with Gasteiger partial charge in [-0.3, -0.25) is 9.56 Å². The minimum Gasteiger partial charge on any atom is -0.312 e. The molecule has 5 nitrogen and oxygen atoms in total. The molecule has 0 saturated carbocycles. The first-order chi connectivity index (χ1) is 8.15. The van der Waals surface area contributed by atoms with Crippen molar-refractivity contribution in [3.8, 4) is 0 Å². The molecule has 92 valence electrons. The first-order valence-corrected chi connectivity index (χ1v) is 5.81. The minimum absolute atomic E-state index is 0.108.